The van der Waals surface area contributed by atoms with Gasteiger partial charge in [0.1, 0.15) is 6.04 Å². The van der Waals surface area contributed by atoms with Crippen LogP contribution in [0.5, 0.6) is 0 Å². The molecule has 0 unspecified atom stereocenters. The van der Waals surface area contributed by atoms with Gasteiger partial charge in [0, 0.05) is 38.9 Å². The minimum atomic E-state index is -0.127. The van der Waals surface area contributed by atoms with E-state index in [0.717, 1.165) is 25.6 Å². The first-order chi connectivity index (χ1) is 11.8. The van der Waals surface area contributed by atoms with E-state index >= 15 is 0 Å². The number of amides is 1. The van der Waals surface area contributed by atoms with E-state index in [4.69, 9.17) is 4.74 Å². The second-order valence-electron chi connectivity index (χ2n) is 7.44. The fourth-order valence-corrected chi connectivity index (χ4v) is 4.43. The Morgan fingerprint density at radius 3 is 2.79 bits per heavy atom. The average molecular weight is 332 g/mol. The van der Waals surface area contributed by atoms with Gasteiger partial charge in [-0.15, -0.1) is 0 Å². The van der Waals surface area contributed by atoms with Crippen LogP contribution in [-0.4, -0.2) is 64.7 Å². The first-order valence-electron chi connectivity index (χ1n) is 9.41. The lowest BCUT2D eigenvalue weighted by Gasteiger charge is -2.39. The minimum Gasteiger partial charge on any atom is -0.378 e. The van der Waals surface area contributed by atoms with E-state index in [2.05, 4.69) is 14.5 Å². The van der Waals surface area contributed by atoms with E-state index in [1.165, 1.54) is 37.8 Å². The maximum atomic E-state index is 13.0. The van der Waals surface area contributed by atoms with Gasteiger partial charge in [-0.1, -0.05) is 19.3 Å². The van der Waals surface area contributed by atoms with Crippen LogP contribution in [0.3, 0.4) is 0 Å². The maximum Gasteiger partial charge on any atom is 0.247 e. The highest BCUT2D eigenvalue weighted by Gasteiger charge is 2.34. The number of nitrogens with zero attached hydrogens (tertiary/aromatic N) is 4. The van der Waals surface area contributed by atoms with Crippen LogP contribution in [0, 0.1) is 5.92 Å². The van der Waals surface area contributed by atoms with E-state index in [0.29, 0.717) is 26.3 Å². The fraction of sp³-hybridized carbons (Fsp3) is 0.778. The van der Waals surface area contributed by atoms with E-state index < -0.39 is 0 Å². The summed E-state index contributed by atoms with van der Waals surface area (Å²) in [5.41, 5.74) is 1.17. The molecule has 0 bridgehead atoms. The third kappa shape index (κ3) is 3.35. The van der Waals surface area contributed by atoms with Crippen molar-refractivity contribution in [1.82, 2.24) is 19.4 Å². The Morgan fingerprint density at radius 2 is 2.00 bits per heavy atom. The summed E-state index contributed by atoms with van der Waals surface area (Å²) in [5.74, 6) is 1.03. The molecule has 1 aliphatic carbocycles. The summed E-state index contributed by atoms with van der Waals surface area (Å²) in [6, 6.07) is -0.127. The van der Waals surface area contributed by atoms with Crippen LogP contribution in [0.4, 0.5) is 0 Å². The first-order valence-corrected chi connectivity index (χ1v) is 9.41. The number of aromatic nitrogens is 2. The summed E-state index contributed by atoms with van der Waals surface area (Å²) in [7, 11) is 0. The molecule has 3 aliphatic rings. The van der Waals surface area contributed by atoms with Crippen LogP contribution in [0.2, 0.25) is 0 Å². The van der Waals surface area contributed by atoms with Crippen molar-refractivity contribution in [3.8, 4) is 0 Å². The van der Waals surface area contributed by atoms with Gasteiger partial charge in [0.2, 0.25) is 5.91 Å². The zero-order valence-electron chi connectivity index (χ0n) is 14.4. The van der Waals surface area contributed by atoms with Crippen LogP contribution in [-0.2, 0) is 16.1 Å². The SMILES string of the molecule is O=C([C@@H]1CN(CC2CCCCC2)Cc2cncn21)N1CCOCC1. The number of carbonyl (C=O) groups excluding carboxylic acids is 1. The molecule has 6 nitrogen and oxygen atoms in total. The lowest BCUT2D eigenvalue weighted by Crippen LogP contribution is -2.49. The molecule has 0 spiro atoms. The van der Waals surface area contributed by atoms with Crippen molar-refractivity contribution in [3.05, 3.63) is 18.2 Å². The summed E-state index contributed by atoms with van der Waals surface area (Å²) < 4.78 is 7.48. The number of carbonyl (C=O) groups is 1. The van der Waals surface area contributed by atoms with Gasteiger partial charge >= 0.3 is 0 Å². The molecule has 2 aliphatic heterocycles. The Bertz CT molecular complexity index is 561. The molecule has 4 rings (SSSR count). The van der Waals surface area contributed by atoms with Gasteiger partial charge < -0.3 is 14.2 Å². The molecule has 6 heteroatoms. The van der Waals surface area contributed by atoms with Crippen LogP contribution >= 0.6 is 0 Å². The number of hydrogen-bond donors (Lipinski definition) is 0. The van der Waals surface area contributed by atoms with Crippen molar-refractivity contribution in [2.45, 2.75) is 44.7 Å². The number of hydrogen-bond acceptors (Lipinski definition) is 4. The van der Waals surface area contributed by atoms with Crippen molar-refractivity contribution < 1.29 is 9.53 Å². The van der Waals surface area contributed by atoms with E-state index in [-0.39, 0.29) is 11.9 Å². The monoisotopic (exact) mass is 332 g/mol. The van der Waals surface area contributed by atoms with Crippen LogP contribution in [0.1, 0.15) is 43.8 Å². The zero-order chi connectivity index (χ0) is 16.4. The lowest BCUT2D eigenvalue weighted by molar-refractivity contribution is -0.140. The summed E-state index contributed by atoms with van der Waals surface area (Å²) in [6.07, 6.45) is 10.6. The first kappa shape index (κ1) is 16.1. The van der Waals surface area contributed by atoms with Crippen molar-refractivity contribution in [2.75, 3.05) is 39.4 Å². The Balaban J connectivity index is 1.47. The molecule has 3 heterocycles. The number of fused-ring (bicyclic) bond motifs is 1. The van der Waals surface area contributed by atoms with Gasteiger partial charge in [-0.2, -0.15) is 0 Å². The van der Waals surface area contributed by atoms with Gasteiger partial charge in [-0.25, -0.2) is 4.98 Å². The van der Waals surface area contributed by atoms with Crippen LogP contribution in [0.15, 0.2) is 12.5 Å². The molecule has 1 atom stereocenters. The third-order valence-electron chi connectivity index (χ3n) is 5.75. The molecule has 132 valence electrons. The Kier molecular flexibility index (Phi) is 4.85. The molecule has 1 aromatic heterocycles. The van der Waals surface area contributed by atoms with Crippen molar-refractivity contribution in [1.29, 1.82) is 0 Å². The van der Waals surface area contributed by atoms with Gasteiger partial charge in [0.25, 0.3) is 0 Å². The van der Waals surface area contributed by atoms with Crippen molar-refractivity contribution in [3.63, 3.8) is 0 Å². The molecular formula is C18H28N4O2. The van der Waals surface area contributed by atoms with Crippen molar-refractivity contribution >= 4 is 5.91 Å². The topological polar surface area (TPSA) is 50.6 Å². The molecule has 0 N–H and O–H groups in total. The number of ether oxygens (including phenoxy) is 1. The predicted molar refractivity (Wildman–Crippen MR) is 90.5 cm³/mol. The molecule has 0 radical (unpaired) electrons. The smallest absolute Gasteiger partial charge is 0.247 e. The molecule has 1 amide bonds. The molecule has 1 aromatic rings. The van der Waals surface area contributed by atoms with Gasteiger partial charge in [-0.05, 0) is 18.8 Å². The molecule has 24 heavy (non-hydrogen) atoms. The van der Waals surface area contributed by atoms with Crippen LogP contribution < -0.4 is 0 Å². The highest BCUT2D eigenvalue weighted by molar-refractivity contribution is 5.81. The highest BCUT2D eigenvalue weighted by atomic mass is 16.5. The summed E-state index contributed by atoms with van der Waals surface area (Å²) in [5, 5.41) is 0. The van der Waals surface area contributed by atoms with E-state index in [1.807, 2.05) is 17.4 Å². The quantitative estimate of drug-likeness (QED) is 0.845. The minimum absolute atomic E-state index is 0.127. The highest BCUT2D eigenvalue weighted by Crippen LogP contribution is 2.28. The summed E-state index contributed by atoms with van der Waals surface area (Å²) in [4.78, 5) is 21.8. The van der Waals surface area contributed by atoms with Crippen molar-refractivity contribution in [2.24, 2.45) is 5.92 Å². The maximum absolute atomic E-state index is 13.0. The Morgan fingerprint density at radius 1 is 1.21 bits per heavy atom. The predicted octanol–water partition coefficient (Wildman–Crippen LogP) is 1.68. The van der Waals surface area contributed by atoms with Crippen LogP contribution in [0.25, 0.3) is 0 Å². The van der Waals surface area contributed by atoms with E-state index in [9.17, 15) is 4.79 Å². The second kappa shape index (κ2) is 7.23. The normalized spacial score (nSPS) is 26.3. The Hall–Kier alpha value is -1.40. The number of imidazole rings is 1. The second-order valence-corrected chi connectivity index (χ2v) is 7.44. The largest absolute Gasteiger partial charge is 0.378 e. The van der Waals surface area contributed by atoms with Gasteiger partial charge in [0.15, 0.2) is 0 Å². The fourth-order valence-electron chi connectivity index (χ4n) is 4.43. The summed E-state index contributed by atoms with van der Waals surface area (Å²) >= 11 is 0. The number of morpholine rings is 1. The van der Waals surface area contributed by atoms with Gasteiger partial charge in [-0.3, -0.25) is 9.69 Å². The third-order valence-corrected chi connectivity index (χ3v) is 5.75. The lowest BCUT2D eigenvalue weighted by atomic mass is 9.88. The standard InChI is InChI=1S/C18H28N4O2/c23-18(21-6-8-24-9-7-21)17-13-20(11-15-4-2-1-3-5-15)12-16-10-19-14-22(16)17/h10,14-15,17H,1-9,11-13H2/t17-/m0/s1. The summed E-state index contributed by atoms with van der Waals surface area (Å²) in [6.45, 7) is 5.59. The molecule has 1 saturated heterocycles. The van der Waals surface area contributed by atoms with E-state index in [1.54, 1.807) is 0 Å². The molecular weight excluding hydrogens is 304 g/mol. The Labute approximate surface area is 143 Å². The van der Waals surface area contributed by atoms with Gasteiger partial charge in [0.05, 0.1) is 25.2 Å². The molecule has 0 aromatic carbocycles. The molecule has 2 fully saturated rings. The molecule has 1 saturated carbocycles. The average Bonchev–Trinajstić information content (AvgIpc) is 3.10. The zero-order valence-corrected chi connectivity index (χ0v) is 14.4. The number of rotatable bonds is 3.